The molecule has 0 atom stereocenters. The zero-order valence-corrected chi connectivity index (χ0v) is 12.8. The molecule has 0 fully saturated rings. The third kappa shape index (κ3) is 5.13. The Bertz CT molecular complexity index is 572. The molecule has 0 saturated heterocycles. The average molecular weight is 305 g/mol. The Labute approximate surface area is 128 Å². The Morgan fingerprint density at radius 2 is 2.10 bits per heavy atom. The van der Waals surface area contributed by atoms with Crippen molar-refractivity contribution < 1.29 is 4.79 Å². The average Bonchev–Trinajstić information content (AvgIpc) is 2.91. The van der Waals surface area contributed by atoms with E-state index in [2.05, 4.69) is 39.6 Å². The van der Waals surface area contributed by atoms with E-state index in [4.69, 9.17) is 5.73 Å². The van der Waals surface area contributed by atoms with E-state index in [-0.39, 0.29) is 5.91 Å². The number of carbonyl (C=O) groups is 1. The Hall–Kier alpha value is -1.99. The highest BCUT2D eigenvalue weighted by molar-refractivity contribution is 7.16. The maximum absolute atomic E-state index is 11.7. The fraction of sp³-hybridized carbons (Fsp3) is 0.357. The van der Waals surface area contributed by atoms with Gasteiger partial charge in [-0.15, -0.1) is 10.2 Å². The number of amides is 1. The molecule has 112 valence electrons. The molecule has 2 aromatic rings. The summed E-state index contributed by atoms with van der Waals surface area (Å²) in [5.41, 5.74) is 6.73. The van der Waals surface area contributed by atoms with Gasteiger partial charge in [-0.25, -0.2) is 0 Å². The monoisotopic (exact) mass is 305 g/mol. The normalized spacial score (nSPS) is 10.8. The smallest absolute Gasteiger partial charge is 0.282 e. The predicted molar refractivity (Wildman–Crippen MR) is 84.0 cm³/mol. The second-order valence-corrected chi connectivity index (χ2v) is 5.79. The minimum Gasteiger partial charge on any atom is -0.374 e. The number of aromatic nitrogens is 2. The summed E-state index contributed by atoms with van der Waals surface area (Å²) in [6.45, 7) is 2.42. The molecule has 7 heteroatoms. The number of benzene rings is 1. The molecule has 2 rings (SSSR count). The van der Waals surface area contributed by atoms with E-state index >= 15 is 0 Å². The third-order valence-corrected chi connectivity index (χ3v) is 3.68. The number of nitrogens with one attached hydrogen (secondary N) is 1. The van der Waals surface area contributed by atoms with Crippen molar-refractivity contribution >= 4 is 22.4 Å². The number of hydrogen-bond donors (Lipinski definition) is 2. The van der Waals surface area contributed by atoms with Crippen LogP contribution in [-0.4, -0.2) is 41.1 Å². The van der Waals surface area contributed by atoms with Gasteiger partial charge >= 0.3 is 0 Å². The molecule has 0 spiro atoms. The fourth-order valence-electron chi connectivity index (χ4n) is 1.93. The van der Waals surface area contributed by atoms with Gasteiger partial charge in [-0.05, 0) is 25.6 Å². The van der Waals surface area contributed by atoms with Gasteiger partial charge in [0.25, 0.3) is 5.91 Å². The van der Waals surface area contributed by atoms with E-state index in [1.54, 1.807) is 0 Å². The van der Waals surface area contributed by atoms with Crippen molar-refractivity contribution in [2.75, 3.05) is 25.9 Å². The highest BCUT2D eigenvalue weighted by Crippen LogP contribution is 2.10. The molecule has 0 unspecified atom stereocenters. The second kappa shape index (κ2) is 7.70. The molecular weight excluding hydrogens is 286 g/mol. The lowest BCUT2D eigenvalue weighted by molar-refractivity contribution is 0.0951. The lowest BCUT2D eigenvalue weighted by Crippen LogP contribution is -2.28. The standard InChI is InChI=1S/C14H19N5OS/c1-19(10-11-6-3-2-4-7-11)9-5-8-16-12(20)13-17-18-14(15)21-13/h2-4,6-7H,5,8-10H2,1H3,(H2,15,18)(H,16,20). The van der Waals surface area contributed by atoms with Gasteiger partial charge in [-0.1, -0.05) is 41.7 Å². The molecule has 0 aliphatic carbocycles. The summed E-state index contributed by atoms with van der Waals surface area (Å²) in [4.78, 5) is 13.9. The topological polar surface area (TPSA) is 84.1 Å². The molecule has 6 nitrogen and oxygen atoms in total. The molecule has 0 bridgehead atoms. The van der Waals surface area contributed by atoms with Crippen molar-refractivity contribution in [1.29, 1.82) is 0 Å². The van der Waals surface area contributed by atoms with Crippen molar-refractivity contribution in [2.24, 2.45) is 0 Å². The molecule has 21 heavy (non-hydrogen) atoms. The molecule has 0 radical (unpaired) electrons. The lowest BCUT2D eigenvalue weighted by atomic mass is 10.2. The first-order valence-electron chi connectivity index (χ1n) is 6.75. The maximum Gasteiger partial charge on any atom is 0.282 e. The number of rotatable bonds is 7. The summed E-state index contributed by atoms with van der Waals surface area (Å²) in [6, 6.07) is 10.3. The van der Waals surface area contributed by atoms with Crippen LogP contribution in [0.15, 0.2) is 30.3 Å². The maximum atomic E-state index is 11.7. The van der Waals surface area contributed by atoms with Crippen LogP contribution >= 0.6 is 11.3 Å². The second-order valence-electron chi connectivity index (χ2n) is 4.78. The molecule has 1 heterocycles. The highest BCUT2D eigenvalue weighted by atomic mass is 32.1. The molecule has 1 aromatic carbocycles. The van der Waals surface area contributed by atoms with Crippen LogP contribution < -0.4 is 11.1 Å². The van der Waals surface area contributed by atoms with Crippen LogP contribution in [0.2, 0.25) is 0 Å². The first-order chi connectivity index (χ1) is 10.1. The zero-order valence-electron chi connectivity index (χ0n) is 12.0. The third-order valence-electron chi connectivity index (χ3n) is 2.93. The van der Waals surface area contributed by atoms with Crippen molar-refractivity contribution in [3.63, 3.8) is 0 Å². The van der Waals surface area contributed by atoms with Crippen LogP contribution in [-0.2, 0) is 6.54 Å². The molecule has 0 aliphatic heterocycles. The molecule has 3 N–H and O–H groups in total. The molecule has 0 saturated carbocycles. The first kappa shape index (κ1) is 15.4. The largest absolute Gasteiger partial charge is 0.374 e. The van der Waals surface area contributed by atoms with Gasteiger partial charge in [-0.3, -0.25) is 4.79 Å². The van der Waals surface area contributed by atoms with Crippen LogP contribution in [0, 0.1) is 0 Å². The van der Waals surface area contributed by atoms with Crippen molar-refractivity contribution in [3.05, 3.63) is 40.9 Å². The Morgan fingerprint density at radius 3 is 2.76 bits per heavy atom. The van der Waals surface area contributed by atoms with Gasteiger partial charge in [-0.2, -0.15) is 0 Å². The number of nitrogens with two attached hydrogens (primary N) is 1. The van der Waals surface area contributed by atoms with Crippen LogP contribution in [0.4, 0.5) is 5.13 Å². The summed E-state index contributed by atoms with van der Waals surface area (Å²) >= 11 is 1.10. The molecule has 0 aliphatic rings. The summed E-state index contributed by atoms with van der Waals surface area (Å²) in [5.74, 6) is -0.213. The SMILES string of the molecule is CN(CCCNC(=O)c1nnc(N)s1)Cc1ccccc1. The van der Waals surface area contributed by atoms with Gasteiger partial charge in [0, 0.05) is 13.1 Å². The lowest BCUT2D eigenvalue weighted by Gasteiger charge is -2.16. The van der Waals surface area contributed by atoms with Crippen molar-refractivity contribution in [3.8, 4) is 0 Å². The van der Waals surface area contributed by atoms with Crippen LogP contribution in [0.5, 0.6) is 0 Å². The Morgan fingerprint density at radius 1 is 1.33 bits per heavy atom. The van der Waals surface area contributed by atoms with Gasteiger partial charge in [0.15, 0.2) is 0 Å². The fourth-order valence-corrected chi connectivity index (χ4v) is 2.45. The van der Waals surface area contributed by atoms with E-state index in [1.807, 2.05) is 18.2 Å². The van der Waals surface area contributed by atoms with Crippen molar-refractivity contribution in [1.82, 2.24) is 20.4 Å². The van der Waals surface area contributed by atoms with Gasteiger partial charge in [0.05, 0.1) is 0 Å². The van der Waals surface area contributed by atoms with Crippen LogP contribution in [0.1, 0.15) is 21.8 Å². The predicted octanol–water partition coefficient (Wildman–Crippen LogP) is 1.37. The minimum atomic E-state index is -0.213. The molecule has 1 aromatic heterocycles. The number of nitrogen functional groups attached to an aromatic ring is 1. The van der Waals surface area contributed by atoms with Gasteiger partial charge < -0.3 is 16.0 Å². The summed E-state index contributed by atoms with van der Waals surface area (Å²) in [6.07, 6.45) is 0.878. The summed E-state index contributed by atoms with van der Waals surface area (Å²) in [7, 11) is 2.07. The van der Waals surface area contributed by atoms with Crippen molar-refractivity contribution in [2.45, 2.75) is 13.0 Å². The Kier molecular flexibility index (Phi) is 5.65. The highest BCUT2D eigenvalue weighted by Gasteiger charge is 2.10. The number of hydrogen-bond acceptors (Lipinski definition) is 6. The van der Waals surface area contributed by atoms with Gasteiger partial charge in [0.1, 0.15) is 0 Å². The number of anilines is 1. The molecule has 1 amide bonds. The first-order valence-corrected chi connectivity index (χ1v) is 7.56. The summed E-state index contributed by atoms with van der Waals surface area (Å²) in [5, 5.41) is 10.8. The van der Waals surface area contributed by atoms with E-state index < -0.39 is 0 Å². The van der Waals surface area contributed by atoms with Crippen LogP contribution in [0.3, 0.4) is 0 Å². The van der Waals surface area contributed by atoms with E-state index in [0.717, 1.165) is 30.8 Å². The molecular formula is C14H19N5OS. The van der Waals surface area contributed by atoms with E-state index in [9.17, 15) is 4.79 Å². The number of carbonyl (C=O) groups excluding carboxylic acids is 1. The zero-order chi connectivity index (χ0) is 15.1. The minimum absolute atomic E-state index is 0.213. The number of nitrogens with zero attached hydrogens (tertiary/aromatic N) is 3. The van der Waals surface area contributed by atoms with E-state index in [1.165, 1.54) is 5.56 Å². The van der Waals surface area contributed by atoms with Crippen LogP contribution in [0.25, 0.3) is 0 Å². The Balaban J connectivity index is 1.64. The summed E-state index contributed by atoms with van der Waals surface area (Å²) < 4.78 is 0. The van der Waals surface area contributed by atoms with E-state index in [0.29, 0.717) is 16.7 Å². The quantitative estimate of drug-likeness (QED) is 0.755. The van der Waals surface area contributed by atoms with Gasteiger partial charge in [0.2, 0.25) is 10.1 Å².